The highest BCUT2D eigenvalue weighted by molar-refractivity contribution is 6.35. The van der Waals surface area contributed by atoms with Crippen molar-refractivity contribution in [1.29, 1.82) is 0 Å². The van der Waals surface area contributed by atoms with Crippen molar-refractivity contribution in [2.24, 2.45) is 5.10 Å². The standard InChI is InChI=1S/C21H19N3O3/c1-14(15-7-3-2-4-8-15)23-20(26)21(27)24-22-13-18-17-10-6-5-9-16(17)11-12-19(18)25/h2-14,25H,1H3,(H,23,26)(H,24,27)/b22-13-/t14-/m1/s1. The second kappa shape index (κ2) is 8.14. The number of fused-ring (bicyclic) bond motifs is 1. The monoisotopic (exact) mass is 361 g/mol. The summed E-state index contributed by atoms with van der Waals surface area (Å²) in [5.41, 5.74) is 3.54. The van der Waals surface area contributed by atoms with Crippen molar-refractivity contribution >= 4 is 28.8 Å². The van der Waals surface area contributed by atoms with Crippen LogP contribution in [0, 0.1) is 0 Å². The lowest BCUT2D eigenvalue weighted by Crippen LogP contribution is -2.39. The first-order chi connectivity index (χ1) is 13.1. The average Bonchev–Trinajstić information content (AvgIpc) is 2.70. The van der Waals surface area contributed by atoms with E-state index < -0.39 is 11.8 Å². The highest BCUT2D eigenvalue weighted by Crippen LogP contribution is 2.25. The van der Waals surface area contributed by atoms with Gasteiger partial charge >= 0.3 is 11.8 Å². The van der Waals surface area contributed by atoms with Crippen LogP contribution in [0.2, 0.25) is 0 Å². The number of hydrogen-bond donors (Lipinski definition) is 3. The van der Waals surface area contributed by atoms with E-state index in [1.807, 2.05) is 54.6 Å². The zero-order valence-electron chi connectivity index (χ0n) is 14.7. The van der Waals surface area contributed by atoms with Gasteiger partial charge in [-0.05, 0) is 29.3 Å². The van der Waals surface area contributed by atoms with Crippen LogP contribution in [0.25, 0.3) is 10.8 Å². The third kappa shape index (κ3) is 4.30. The van der Waals surface area contributed by atoms with Crippen molar-refractivity contribution in [1.82, 2.24) is 10.7 Å². The molecule has 136 valence electrons. The zero-order valence-corrected chi connectivity index (χ0v) is 14.7. The summed E-state index contributed by atoms with van der Waals surface area (Å²) in [5, 5.41) is 18.2. The van der Waals surface area contributed by atoms with Crippen LogP contribution in [0.4, 0.5) is 0 Å². The number of rotatable bonds is 4. The van der Waals surface area contributed by atoms with Crippen LogP contribution in [0.15, 0.2) is 71.8 Å². The average molecular weight is 361 g/mol. The molecule has 1 atom stereocenters. The first-order valence-corrected chi connectivity index (χ1v) is 8.46. The maximum absolute atomic E-state index is 12.0. The lowest BCUT2D eigenvalue weighted by molar-refractivity contribution is -0.139. The van der Waals surface area contributed by atoms with Gasteiger partial charge in [0.15, 0.2) is 0 Å². The van der Waals surface area contributed by atoms with Crippen molar-refractivity contribution in [3.05, 3.63) is 77.9 Å². The molecule has 0 bridgehead atoms. The topological polar surface area (TPSA) is 90.8 Å². The Bertz CT molecular complexity index is 1000. The third-order valence-electron chi connectivity index (χ3n) is 4.16. The summed E-state index contributed by atoms with van der Waals surface area (Å²) in [6.07, 6.45) is 1.32. The van der Waals surface area contributed by atoms with Crippen LogP contribution >= 0.6 is 0 Å². The number of aromatic hydroxyl groups is 1. The molecular weight excluding hydrogens is 342 g/mol. The van der Waals surface area contributed by atoms with E-state index in [4.69, 9.17) is 0 Å². The highest BCUT2D eigenvalue weighted by Gasteiger charge is 2.16. The van der Waals surface area contributed by atoms with Gasteiger partial charge in [0.2, 0.25) is 0 Å². The fraction of sp³-hybridized carbons (Fsp3) is 0.0952. The molecule has 0 heterocycles. The summed E-state index contributed by atoms with van der Waals surface area (Å²) in [4.78, 5) is 24.0. The van der Waals surface area contributed by atoms with E-state index in [0.717, 1.165) is 16.3 Å². The number of carbonyl (C=O) groups is 2. The van der Waals surface area contributed by atoms with Gasteiger partial charge in [-0.2, -0.15) is 5.10 Å². The molecule has 0 aliphatic rings. The molecule has 3 N–H and O–H groups in total. The van der Waals surface area contributed by atoms with Crippen molar-refractivity contribution < 1.29 is 14.7 Å². The Kier molecular flexibility index (Phi) is 5.47. The molecule has 0 aliphatic carbocycles. The van der Waals surface area contributed by atoms with Gasteiger partial charge in [0.05, 0.1) is 12.3 Å². The van der Waals surface area contributed by atoms with Crippen LogP contribution in [-0.4, -0.2) is 23.1 Å². The number of phenolic OH excluding ortho intramolecular Hbond substituents is 1. The van der Waals surface area contributed by atoms with Gasteiger partial charge in [-0.15, -0.1) is 0 Å². The van der Waals surface area contributed by atoms with Crippen LogP contribution in [-0.2, 0) is 9.59 Å². The summed E-state index contributed by atoms with van der Waals surface area (Å²) < 4.78 is 0. The number of carbonyl (C=O) groups excluding carboxylic acids is 2. The predicted octanol–water partition coefficient (Wildman–Crippen LogP) is 2.87. The minimum Gasteiger partial charge on any atom is -0.507 e. The zero-order chi connectivity index (χ0) is 19.2. The molecule has 3 rings (SSSR count). The fourth-order valence-corrected chi connectivity index (χ4v) is 2.71. The smallest absolute Gasteiger partial charge is 0.329 e. The van der Waals surface area contributed by atoms with Gasteiger partial charge in [-0.1, -0.05) is 60.7 Å². The number of amides is 2. The number of nitrogens with zero attached hydrogens (tertiary/aromatic N) is 1. The summed E-state index contributed by atoms with van der Waals surface area (Å²) >= 11 is 0. The Morgan fingerprint density at radius 2 is 1.67 bits per heavy atom. The SMILES string of the molecule is C[C@@H](NC(=O)C(=O)N/N=C\c1c(O)ccc2ccccc12)c1ccccc1. The Balaban J connectivity index is 1.65. The second-order valence-electron chi connectivity index (χ2n) is 6.02. The molecule has 3 aromatic carbocycles. The molecule has 0 spiro atoms. The molecule has 0 saturated heterocycles. The first-order valence-electron chi connectivity index (χ1n) is 8.46. The molecule has 0 saturated carbocycles. The minimum absolute atomic E-state index is 0.0360. The molecule has 0 aliphatic heterocycles. The van der Waals surface area contributed by atoms with Gasteiger partial charge in [0, 0.05) is 5.56 Å². The molecule has 0 unspecified atom stereocenters. The van der Waals surface area contributed by atoms with Crippen LogP contribution in [0.3, 0.4) is 0 Å². The number of phenols is 1. The summed E-state index contributed by atoms with van der Waals surface area (Å²) in [5.74, 6) is -1.63. The molecule has 2 amide bonds. The summed E-state index contributed by atoms with van der Waals surface area (Å²) in [6.45, 7) is 1.79. The van der Waals surface area contributed by atoms with Gasteiger partial charge < -0.3 is 10.4 Å². The van der Waals surface area contributed by atoms with Gasteiger partial charge in [-0.25, -0.2) is 5.43 Å². The molecule has 6 nitrogen and oxygen atoms in total. The van der Waals surface area contributed by atoms with E-state index in [9.17, 15) is 14.7 Å². The Morgan fingerprint density at radius 1 is 0.963 bits per heavy atom. The summed E-state index contributed by atoms with van der Waals surface area (Å²) in [6, 6.07) is 19.8. The van der Waals surface area contributed by atoms with Crippen molar-refractivity contribution in [2.45, 2.75) is 13.0 Å². The normalized spacial score (nSPS) is 12.0. The van der Waals surface area contributed by atoms with Crippen molar-refractivity contribution in [2.75, 3.05) is 0 Å². The van der Waals surface area contributed by atoms with Crippen molar-refractivity contribution in [3.63, 3.8) is 0 Å². The number of nitrogens with one attached hydrogen (secondary N) is 2. The van der Waals surface area contributed by atoms with Crippen LogP contribution < -0.4 is 10.7 Å². The van der Waals surface area contributed by atoms with E-state index in [2.05, 4.69) is 15.8 Å². The van der Waals surface area contributed by atoms with E-state index in [1.54, 1.807) is 19.1 Å². The molecule has 3 aromatic rings. The quantitative estimate of drug-likeness (QED) is 0.379. The van der Waals surface area contributed by atoms with Crippen LogP contribution in [0.1, 0.15) is 24.1 Å². The molecule has 0 fully saturated rings. The summed E-state index contributed by atoms with van der Waals surface area (Å²) in [7, 11) is 0. The van der Waals surface area contributed by atoms with E-state index in [1.165, 1.54) is 6.21 Å². The third-order valence-corrected chi connectivity index (χ3v) is 4.16. The largest absolute Gasteiger partial charge is 0.507 e. The Hall–Kier alpha value is -3.67. The van der Waals surface area contributed by atoms with Gasteiger partial charge in [-0.3, -0.25) is 9.59 Å². The van der Waals surface area contributed by atoms with E-state index >= 15 is 0 Å². The fourth-order valence-electron chi connectivity index (χ4n) is 2.71. The second-order valence-corrected chi connectivity index (χ2v) is 6.02. The van der Waals surface area contributed by atoms with Crippen LogP contribution in [0.5, 0.6) is 5.75 Å². The number of hydrazone groups is 1. The lowest BCUT2D eigenvalue weighted by atomic mass is 10.0. The molecule has 27 heavy (non-hydrogen) atoms. The molecule has 6 heteroatoms. The lowest BCUT2D eigenvalue weighted by Gasteiger charge is -2.13. The van der Waals surface area contributed by atoms with Gasteiger partial charge in [0.25, 0.3) is 0 Å². The number of benzene rings is 3. The Labute approximate surface area is 156 Å². The number of hydrogen-bond acceptors (Lipinski definition) is 4. The van der Waals surface area contributed by atoms with Crippen molar-refractivity contribution in [3.8, 4) is 5.75 Å². The molecule has 0 radical (unpaired) electrons. The maximum Gasteiger partial charge on any atom is 0.329 e. The predicted molar refractivity (Wildman–Crippen MR) is 104 cm³/mol. The van der Waals surface area contributed by atoms with Gasteiger partial charge in [0.1, 0.15) is 5.75 Å². The molecule has 0 aromatic heterocycles. The Morgan fingerprint density at radius 3 is 2.44 bits per heavy atom. The van der Waals surface area contributed by atoms with E-state index in [0.29, 0.717) is 5.56 Å². The first kappa shape index (κ1) is 18.1. The minimum atomic E-state index is -0.881. The maximum atomic E-state index is 12.0. The van der Waals surface area contributed by atoms with E-state index in [-0.39, 0.29) is 11.8 Å². The molecular formula is C21H19N3O3. The highest BCUT2D eigenvalue weighted by atomic mass is 16.3.